The highest BCUT2D eigenvalue weighted by atomic mass is 79.9. The van der Waals surface area contributed by atoms with Gasteiger partial charge in [-0.2, -0.15) is 0 Å². The number of amides is 1. The van der Waals surface area contributed by atoms with E-state index in [1.54, 1.807) is 0 Å². The van der Waals surface area contributed by atoms with E-state index in [1.165, 1.54) is 11.3 Å². The van der Waals surface area contributed by atoms with Crippen LogP contribution in [0.15, 0.2) is 31.8 Å². The molecule has 19 heavy (non-hydrogen) atoms. The molecule has 2 heterocycles. The Morgan fingerprint density at radius 3 is 2.79 bits per heavy atom. The normalized spacial score (nSPS) is 13.7. The summed E-state index contributed by atoms with van der Waals surface area (Å²) < 4.78 is 1.80. The van der Waals surface area contributed by atoms with Gasteiger partial charge in [-0.1, -0.05) is 0 Å². The van der Waals surface area contributed by atoms with Crippen molar-refractivity contribution in [2.24, 2.45) is 0 Å². The molecule has 2 N–H and O–H groups in total. The van der Waals surface area contributed by atoms with Crippen LogP contribution in [0.2, 0.25) is 0 Å². The van der Waals surface area contributed by atoms with E-state index >= 15 is 0 Å². The average Bonchev–Trinajstić information content (AvgIpc) is 2.91. The van der Waals surface area contributed by atoms with Crippen LogP contribution in [0.3, 0.4) is 0 Å². The Labute approximate surface area is 131 Å². The molecular weight excluding hydrogens is 392 g/mol. The van der Waals surface area contributed by atoms with Crippen molar-refractivity contribution in [1.29, 1.82) is 0 Å². The molecule has 0 bridgehead atoms. The predicted octanol–water partition coefficient (Wildman–Crippen LogP) is 4.06. The van der Waals surface area contributed by atoms with Gasteiger partial charge in [0, 0.05) is 17.9 Å². The summed E-state index contributed by atoms with van der Waals surface area (Å²) in [5.74, 6) is 0.0253. The second kappa shape index (κ2) is 4.92. The first-order chi connectivity index (χ1) is 9.06. The number of fused-ring (bicyclic) bond motifs is 1. The number of nitrogen functional groups attached to an aromatic ring is 1. The summed E-state index contributed by atoms with van der Waals surface area (Å²) in [7, 11) is 0. The first-order valence-corrected chi connectivity index (χ1v) is 8.11. The molecule has 3 nitrogen and oxygen atoms in total. The Balaban J connectivity index is 1.98. The van der Waals surface area contributed by atoms with Crippen LogP contribution in [0.25, 0.3) is 0 Å². The van der Waals surface area contributed by atoms with Gasteiger partial charge < -0.3 is 10.6 Å². The van der Waals surface area contributed by atoms with Gasteiger partial charge in [0.05, 0.1) is 13.1 Å². The van der Waals surface area contributed by atoms with E-state index in [2.05, 4.69) is 31.9 Å². The minimum absolute atomic E-state index is 0.0253. The van der Waals surface area contributed by atoms with Crippen LogP contribution >= 0.6 is 43.2 Å². The van der Waals surface area contributed by atoms with Crippen LogP contribution < -0.4 is 10.6 Å². The molecule has 1 aliphatic heterocycles. The van der Waals surface area contributed by atoms with Crippen LogP contribution in [-0.4, -0.2) is 12.5 Å². The Morgan fingerprint density at radius 1 is 1.32 bits per heavy atom. The van der Waals surface area contributed by atoms with Crippen LogP contribution in [0.5, 0.6) is 0 Å². The molecule has 2 aromatic rings. The van der Waals surface area contributed by atoms with Crippen molar-refractivity contribution in [3.8, 4) is 0 Å². The number of hydrogen-bond donors (Lipinski definition) is 1. The summed E-state index contributed by atoms with van der Waals surface area (Å²) in [6.07, 6.45) is 0.856. The molecule has 0 unspecified atom stereocenters. The van der Waals surface area contributed by atoms with Crippen molar-refractivity contribution in [2.75, 3.05) is 17.2 Å². The maximum Gasteiger partial charge on any atom is 0.260 e. The number of halogens is 2. The summed E-state index contributed by atoms with van der Waals surface area (Å²) in [6, 6.07) is 7.56. The lowest BCUT2D eigenvalue weighted by Gasteiger charge is -2.17. The number of rotatable bonds is 1. The maximum absolute atomic E-state index is 12.6. The molecule has 3 rings (SSSR count). The van der Waals surface area contributed by atoms with Gasteiger partial charge in [0.25, 0.3) is 5.91 Å². The van der Waals surface area contributed by atoms with Crippen molar-refractivity contribution in [3.05, 3.63) is 43.0 Å². The van der Waals surface area contributed by atoms with E-state index in [9.17, 15) is 4.79 Å². The number of thiophene rings is 1. The Morgan fingerprint density at radius 2 is 2.11 bits per heavy atom. The van der Waals surface area contributed by atoms with Gasteiger partial charge in [-0.05, 0) is 68.1 Å². The van der Waals surface area contributed by atoms with Crippen LogP contribution in [0, 0.1) is 0 Å². The molecule has 0 aliphatic carbocycles. The lowest BCUT2D eigenvalue weighted by atomic mass is 10.1. The number of nitrogens with two attached hydrogens (primary N) is 1. The zero-order valence-corrected chi connectivity index (χ0v) is 13.8. The molecule has 0 fully saturated rings. The number of nitrogens with zero attached hydrogens (tertiary/aromatic N) is 1. The van der Waals surface area contributed by atoms with Crippen LogP contribution in [0.4, 0.5) is 11.4 Å². The van der Waals surface area contributed by atoms with Crippen molar-refractivity contribution in [2.45, 2.75) is 6.42 Å². The second-order valence-electron chi connectivity index (χ2n) is 4.33. The van der Waals surface area contributed by atoms with Gasteiger partial charge >= 0.3 is 0 Å². The summed E-state index contributed by atoms with van der Waals surface area (Å²) in [6.45, 7) is 0.706. The SMILES string of the molecule is Nc1ccc2c(c1)CCN2C(=O)c1cc(Br)sc1Br. The smallest absolute Gasteiger partial charge is 0.260 e. The van der Waals surface area contributed by atoms with Crippen molar-refractivity contribution in [3.63, 3.8) is 0 Å². The van der Waals surface area contributed by atoms with E-state index < -0.39 is 0 Å². The average molecular weight is 402 g/mol. The van der Waals surface area contributed by atoms with E-state index in [1.807, 2.05) is 29.2 Å². The topological polar surface area (TPSA) is 46.3 Å². The number of anilines is 2. The number of carbonyl (C=O) groups excluding carboxylic acids is 1. The molecule has 6 heteroatoms. The Hall–Kier alpha value is -0.850. The Kier molecular flexibility index (Phi) is 3.41. The van der Waals surface area contributed by atoms with E-state index in [-0.39, 0.29) is 5.91 Å². The fraction of sp³-hybridized carbons (Fsp3) is 0.154. The molecule has 0 saturated heterocycles. The van der Waals surface area contributed by atoms with E-state index in [0.717, 1.165) is 30.9 Å². The summed E-state index contributed by atoms with van der Waals surface area (Å²) >= 11 is 8.35. The highest BCUT2D eigenvalue weighted by Crippen LogP contribution is 2.36. The number of benzene rings is 1. The zero-order valence-electron chi connectivity index (χ0n) is 9.82. The summed E-state index contributed by atoms with van der Waals surface area (Å²) in [5.41, 5.74) is 9.32. The largest absolute Gasteiger partial charge is 0.399 e. The van der Waals surface area contributed by atoms with Gasteiger partial charge in [0.2, 0.25) is 0 Å². The van der Waals surface area contributed by atoms with E-state index in [4.69, 9.17) is 5.73 Å². The lowest BCUT2D eigenvalue weighted by Crippen LogP contribution is -2.28. The van der Waals surface area contributed by atoms with Gasteiger partial charge in [0.1, 0.15) is 0 Å². The first kappa shape index (κ1) is 13.1. The molecule has 0 saturated carbocycles. The van der Waals surface area contributed by atoms with Crippen LogP contribution in [0.1, 0.15) is 15.9 Å². The molecule has 0 atom stereocenters. The lowest BCUT2D eigenvalue weighted by molar-refractivity contribution is 0.0989. The monoisotopic (exact) mass is 400 g/mol. The van der Waals surface area contributed by atoms with E-state index in [0.29, 0.717) is 12.1 Å². The quantitative estimate of drug-likeness (QED) is 0.732. The number of carbonyl (C=O) groups is 1. The molecule has 1 aromatic carbocycles. The fourth-order valence-electron chi connectivity index (χ4n) is 2.26. The highest BCUT2D eigenvalue weighted by molar-refractivity contribution is 9.12. The van der Waals surface area contributed by atoms with Crippen molar-refractivity contribution < 1.29 is 4.79 Å². The Bertz CT molecular complexity index is 669. The molecule has 1 aromatic heterocycles. The van der Waals surface area contributed by atoms with Gasteiger partial charge in [-0.15, -0.1) is 11.3 Å². The molecule has 0 spiro atoms. The van der Waals surface area contributed by atoms with Gasteiger partial charge in [-0.25, -0.2) is 0 Å². The third-order valence-corrected chi connectivity index (χ3v) is 5.47. The van der Waals surface area contributed by atoms with Crippen molar-refractivity contribution >= 4 is 60.5 Å². The third-order valence-electron chi connectivity index (χ3n) is 3.13. The third kappa shape index (κ3) is 2.32. The fourth-order valence-corrected chi connectivity index (χ4v) is 5.04. The zero-order chi connectivity index (χ0) is 13.6. The first-order valence-electron chi connectivity index (χ1n) is 5.71. The standard InChI is InChI=1S/C13H10Br2N2OS/c14-11-6-9(12(15)19-11)13(18)17-4-3-7-5-8(16)1-2-10(7)17/h1-2,5-6H,3-4,16H2. The number of hydrogen-bond acceptors (Lipinski definition) is 3. The van der Waals surface area contributed by atoms with Gasteiger partial charge in [0.15, 0.2) is 0 Å². The minimum atomic E-state index is 0.0253. The highest BCUT2D eigenvalue weighted by Gasteiger charge is 2.27. The summed E-state index contributed by atoms with van der Waals surface area (Å²) in [5, 5.41) is 0. The molecular formula is C13H10Br2N2OS. The van der Waals surface area contributed by atoms with Crippen LogP contribution in [-0.2, 0) is 6.42 Å². The van der Waals surface area contributed by atoms with Crippen molar-refractivity contribution in [1.82, 2.24) is 0 Å². The minimum Gasteiger partial charge on any atom is -0.399 e. The molecule has 0 radical (unpaired) electrons. The summed E-state index contributed by atoms with van der Waals surface area (Å²) in [4.78, 5) is 14.4. The molecule has 98 valence electrons. The molecule has 1 amide bonds. The maximum atomic E-state index is 12.6. The van der Waals surface area contributed by atoms with Gasteiger partial charge in [-0.3, -0.25) is 4.79 Å². The second-order valence-corrected chi connectivity index (χ2v) is 8.08. The predicted molar refractivity (Wildman–Crippen MR) is 86.0 cm³/mol. The molecule has 1 aliphatic rings.